The van der Waals surface area contributed by atoms with Crippen LogP contribution in [0, 0.1) is 11.8 Å². The van der Waals surface area contributed by atoms with Crippen LogP contribution >= 0.6 is 11.3 Å². The van der Waals surface area contributed by atoms with Gasteiger partial charge in [0, 0.05) is 38.3 Å². The van der Waals surface area contributed by atoms with E-state index in [4.69, 9.17) is 0 Å². The molecule has 1 amide bonds. The van der Waals surface area contributed by atoms with Gasteiger partial charge in [0.1, 0.15) is 5.69 Å². The molecule has 5 rings (SSSR count). The van der Waals surface area contributed by atoms with Crippen molar-refractivity contribution < 1.29 is 18.0 Å². The van der Waals surface area contributed by atoms with Crippen LogP contribution in [0.1, 0.15) is 57.5 Å². The van der Waals surface area contributed by atoms with Gasteiger partial charge >= 0.3 is 6.18 Å². The monoisotopic (exact) mass is 567 g/mol. The Bertz CT molecular complexity index is 1590. The minimum absolute atomic E-state index is 0.0879. The van der Waals surface area contributed by atoms with Crippen molar-refractivity contribution in [2.75, 3.05) is 38.5 Å². The fraction of sp³-hybridized carbons (Fsp3) is 0.357. The molecule has 0 spiro atoms. The average molecular weight is 568 g/mol. The third kappa shape index (κ3) is 6.33. The van der Waals surface area contributed by atoms with Gasteiger partial charge in [0.25, 0.3) is 5.91 Å². The van der Waals surface area contributed by atoms with E-state index in [1.807, 2.05) is 24.1 Å². The van der Waals surface area contributed by atoms with Crippen molar-refractivity contribution >= 4 is 28.0 Å². The molecule has 0 radical (unpaired) electrons. The maximum Gasteiger partial charge on any atom is 0.416 e. The van der Waals surface area contributed by atoms with Crippen LogP contribution in [0.4, 0.5) is 18.3 Å². The number of anilines is 1. The van der Waals surface area contributed by atoms with Gasteiger partial charge in [0.05, 0.1) is 28.5 Å². The van der Waals surface area contributed by atoms with Crippen LogP contribution < -0.4 is 5.32 Å². The molecule has 1 N–H and O–H groups in total. The Hall–Kier alpha value is -3.79. The van der Waals surface area contributed by atoms with Gasteiger partial charge in [0.15, 0.2) is 10.8 Å². The molecule has 0 saturated carbocycles. The first-order valence-electron chi connectivity index (χ1n) is 12.8. The van der Waals surface area contributed by atoms with Gasteiger partial charge < -0.3 is 4.90 Å². The lowest BCUT2D eigenvalue weighted by Crippen LogP contribution is -2.44. The molecule has 1 aliphatic heterocycles. The number of nitrogens with one attached hydrogen (secondary N) is 1. The number of piperazine rings is 1. The molecule has 0 aliphatic carbocycles. The number of aromatic nitrogens is 4. The van der Waals surface area contributed by atoms with E-state index in [0.717, 1.165) is 36.2 Å². The smallest absolute Gasteiger partial charge is 0.304 e. The second-order valence-electron chi connectivity index (χ2n) is 10.0. The minimum atomic E-state index is -4.58. The summed E-state index contributed by atoms with van der Waals surface area (Å²) in [7, 11) is 1.99. The Morgan fingerprint density at radius 2 is 1.85 bits per heavy atom. The first-order chi connectivity index (χ1) is 19.1. The number of thiazole rings is 1. The third-order valence-electron chi connectivity index (χ3n) is 6.68. The topological polar surface area (TPSA) is 78.7 Å². The number of imidazole rings is 1. The number of rotatable bonds is 5. The number of alkyl halides is 3. The fourth-order valence-electron chi connectivity index (χ4n) is 4.33. The lowest BCUT2D eigenvalue weighted by Gasteiger charge is -2.33. The summed E-state index contributed by atoms with van der Waals surface area (Å²) in [6, 6.07) is 7.55. The molecule has 0 atom stereocenters. The molecule has 0 bridgehead atoms. The maximum atomic E-state index is 13.9. The van der Waals surface area contributed by atoms with Crippen LogP contribution in [0.3, 0.4) is 0 Å². The zero-order valence-corrected chi connectivity index (χ0v) is 23.1. The van der Waals surface area contributed by atoms with Crippen molar-refractivity contribution in [1.82, 2.24) is 29.4 Å². The minimum Gasteiger partial charge on any atom is -0.304 e. The van der Waals surface area contributed by atoms with Crippen molar-refractivity contribution in [3.8, 4) is 11.8 Å². The number of halogens is 3. The van der Waals surface area contributed by atoms with Crippen molar-refractivity contribution in [3.63, 3.8) is 0 Å². The Kier molecular flexibility index (Phi) is 7.89. The van der Waals surface area contributed by atoms with Gasteiger partial charge in [-0.15, -0.1) is 0 Å². The average Bonchev–Trinajstić information content (AvgIpc) is 3.54. The standard InChI is InChI=1S/C28H28F3N7OS/c1-18(2)24-8-9-25-32-15-21(38(25)35-24)6-7-22-16-33-27(40-22)34-26(39)19-4-5-20(23(14-19)28(29,30)31)17-37-12-10-36(3)11-13-37/h4-5,8-9,14-16,18H,10-13,17H2,1-3H3,(H,33,34,39). The van der Waals surface area contributed by atoms with Crippen LogP contribution in [0.25, 0.3) is 5.65 Å². The van der Waals surface area contributed by atoms with E-state index >= 15 is 0 Å². The number of carbonyl (C=O) groups is 1. The molecule has 12 heteroatoms. The number of hydrogen-bond donors (Lipinski definition) is 1. The first-order valence-corrected chi connectivity index (χ1v) is 13.6. The van der Waals surface area contributed by atoms with Gasteiger partial charge in [-0.1, -0.05) is 31.3 Å². The van der Waals surface area contributed by atoms with Gasteiger partial charge in [-0.3, -0.25) is 15.0 Å². The summed E-state index contributed by atoms with van der Waals surface area (Å²) in [6.07, 6.45) is -1.44. The van der Waals surface area contributed by atoms with Gasteiger partial charge in [-0.05, 0) is 54.6 Å². The second-order valence-corrected chi connectivity index (χ2v) is 11.0. The zero-order chi connectivity index (χ0) is 28.4. The Morgan fingerprint density at radius 1 is 1.07 bits per heavy atom. The summed E-state index contributed by atoms with van der Waals surface area (Å²) >= 11 is 1.13. The van der Waals surface area contributed by atoms with Gasteiger partial charge in [0.2, 0.25) is 0 Å². The van der Waals surface area contributed by atoms with E-state index in [1.165, 1.54) is 18.3 Å². The predicted molar refractivity (Wildman–Crippen MR) is 147 cm³/mol. The van der Waals surface area contributed by atoms with Crippen LogP contribution in [-0.4, -0.2) is 68.5 Å². The molecule has 0 unspecified atom stereocenters. The fourth-order valence-corrected chi connectivity index (χ4v) is 5.00. The lowest BCUT2D eigenvalue weighted by molar-refractivity contribution is -0.138. The van der Waals surface area contributed by atoms with E-state index < -0.39 is 17.6 Å². The largest absolute Gasteiger partial charge is 0.416 e. The lowest BCUT2D eigenvalue weighted by atomic mass is 10.0. The van der Waals surface area contributed by atoms with E-state index in [2.05, 4.69) is 51.0 Å². The summed E-state index contributed by atoms with van der Waals surface area (Å²) in [5.41, 5.74) is 1.47. The highest BCUT2D eigenvalue weighted by molar-refractivity contribution is 7.16. The van der Waals surface area contributed by atoms with E-state index in [9.17, 15) is 18.0 Å². The molecule has 1 saturated heterocycles. The highest BCUT2D eigenvalue weighted by Crippen LogP contribution is 2.34. The number of hydrogen-bond acceptors (Lipinski definition) is 7. The summed E-state index contributed by atoms with van der Waals surface area (Å²) in [4.78, 5) is 26.0. The number of amides is 1. The molecule has 4 heterocycles. The molecular formula is C28H28F3N7OS. The third-order valence-corrected chi connectivity index (χ3v) is 7.51. The Morgan fingerprint density at radius 3 is 2.58 bits per heavy atom. The van der Waals surface area contributed by atoms with Crippen LogP contribution in [0.15, 0.2) is 42.7 Å². The molecule has 40 heavy (non-hydrogen) atoms. The van der Waals surface area contributed by atoms with Gasteiger partial charge in [-0.2, -0.15) is 18.3 Å². The first kappa shape index (κ1) is 27.8. The summed E-state index contributed by atoms with van der Waals surface area (Å²) < 4.78 is 43.4. The predicted octanol–water partition coefficient (Wildman–Crippen LogP) is 4.73. The number of carbonyl (C=O) groups excluding carboxylic acids is 1. The highest BCUT2D eigenvalue weighted by atomic mass is 32.1. The zero-order valence-electron chi connectivity index (χ0n) is 22.3. The second kappa shape index (κ2) is 11.4. The Balaban J connectivity index is 1.30. The summed E-state index contributed by atoms with van der Waals surface area (Å²) in [6.45, 7) is 7.27. The van der Waals surface area contributed by atoms with Crippen LogP contribution in [-0.2, 0) is 12.7 Å². The SMILES string of the molecule is CC(C)c1ccc2ncc(C#Cc3cnc(NC(=O)c4ccc(CN5CCN(C)CC5)c(C(F)(F)F)c4)s3)n2n1. The number of fused-ring (bicyclic) bond motifs is 1. The molecule has 3 aromatic heterocycles. The van der Waals surface area contributed by atoms with Crippen molar-refractivity contribution in [2.45, 2.75) is 32.5 Å². The van der Waals surface area contributed by atoms with Crippen LogP contribution in [0.2, 0.25) is 0 Å². The highest BCUT2D eigenvalue weighted by Gasteiger charge is 2.34. The summed E-state index contributed by atoms with van der Waals surface area (Å²) in [5.74, 6) is 5.61. The molecular weight excluding hydrogens is 539 g/mol. The molecule has 8 nitrogen and oxygen atoms in total. The molecule has 1 aromatic carbocycles. The van der Waals surface area contributed by atoms with E-state index in [0.29, 0.717) is 29.3 Å². The van der Waals surface area contributed by atoms with E-state index in [-0.39, 0.29) is 28.7 Å². The maximum absolute atomic E-state index is 13.9. The summed E-state index contributed by atoms with van der Waals surface area (Å²) in [5, 5.41) is 7.42. The van der Waals surface area contributed by atoms with E-state index in [1.54, 1.807) is 10.7 Å². The molecule has 1 aliphatic rings. The molecule has 208 valence electrons. The van der Waals surface area contributed by atoms with Crippen molar-refractivity contribution in [2.24, 2.45) is 0 Å². The number of likely N-dealkylation sites (N-methyl/N-ethyl adjacent to an activating group) is 1. The Labute approximate surface area is 233 Å². The number of nitrogens with zero attached hydrogens (tertiary/aromatic N) is 6. The number of benzene rings is 1. The quantitative estimate of drug-likeness (QED) is 0.352. The molecule has 1 fully saturated rings. The van der Waals surface area contributed by atoms with Crippen LogP contribution in [0.5, 0.6) is 0 Å². The van der Waals surface area contributed by atoms with Crippen molar-refractivity contribution in [1.29, 1.82) is 0 Å². The molecule has 4 aromatic rings. The van der Waals surface area contributed by atoms with Crippen molar-refractivity contribution in [3.05, 3.63) is 75.7 Å². The normalized spacial score (nSPS) is 14.9. The van der Waals surface area contributed by atoms with Gasteiger partial charge in [-0.25, -0.2) is 14.5 Å².